The average Bonchev–Trinajstić information content (AvgIpc) is 2.36. The number of carbonyl (C=O) groups is 2. The number of rotatable bonds is 5. The van der Waals surface area contributed by atoms with E-state index in [0.29, 0.717) is 0 Å². The summed E-state index contributed by atoms with van der Waals surface area (Å²) in [7, 11) is -0.967. The van der Waals surface area contributed by atoms with E-state index in [1.165, 1.54) is 25.9 Å². The van der Waals surface area contributed by atoms with Gasteiger partial charge in [0, 0.05) is 14.1 Å². The maximum absolute atomic E-state index is 12.1. The van der Waals surface area contributed by atoms with Crippen molar-refractivity contribution in [2.75, 3.05) is 14.1 Å². The van der Waals surface area contributed by atoms with Crippen molar-refractivity contribution in [3.63, 3.8) is 0 Å². The molecule has 116 valence electrons. The third-order valence-electron chi connectivity index (χ3n) is 2.62. The van der Waals surface area contributed by atoms with Crippen LogP contribution in [0.1, 0.15) is 17.3 Å². The highest BCUT2D eigenvalue weighted by Gasteiger charge is 2.24. The molecule has 0 heterocycles. The van der Waals surface area contributed by atoms with Crippen LogP contribution in [0.5, 0.6) is 0 Å². The summed E-state index contributed by atoms with van der Waals surface area (Å²) in [5.41, 5.74) is -0.201. The lowest BCUT2D eigenvalue weighted by Crippen LogP contribution is -2.44. The highest BCUT2D eigenvalue weighted by molar-refractivity contribution is 7.89. The molecule has 1 rings (SSSR count). The van der Waals surface area contributed by atoms with E-state index in [9.17, 15) is 18.0 Å². The Labute approximate surface area is 127 Å². The zero-order valence-electron chi connectivity index (χ0n) is 11.6. The summed E-state index contributed by atoms with van der Waals surface area (Å²) in [6, 6.07) is 2.28. The normalized spacial score (nSPS) is 12.8. The maximum Gasteiger partial charge on any atom is 0.337 e. The molecule has 1 amide bonds. The number of halogens is 1. The SMILES string of the molecule is CC(NS(=O)(=O)c1ccc(C(=O)O)c(Cl)c1)C(=O)N(C)C. The summed E-state index contributed by atoms with van der Waals surface area (Å²) in [5.74, 6) is -1.67. The lowest BCUT2D eigenvalue weighted by molar-refractivity contribution is -0.130. The summed E-state index contributed by atoms with van der Waals surface area (Å²) in [5, 5.41) is 8.64. The van der Waals surface area contributed by atoms with Crippen LogP contribution in [0, 0.1) is 0 Å². The molecule has 0 spiro atoms. The molecule has 0 aliphatic heterocycles. The van der Waals surface area contributed by atoms with Crippen molar-refractivity contribution in [1.82, 2.24) is 9.62 Å². The number of amides is 1. The van der Waals surface area contributed by atoms with Crippen molar-refractivity contribution in [2.24, 2.45) is 0 Å². The third kappa shape index (κ3) is 4.16. The van der Waals surface area contributed by atoms with Gasteiger partial charge in [0.1, 0.15) is 0 Å². The highest BCUT2D eigenvalue weighted by Crippen LogP contribution is 2.21. The van der Waals surface area contributed by atoms with Crippen LogP contribution in [0.3, 0.4) is 0 Å². The summed E-state index contributed by atoms with van der Waals surface area (Å²) >= 11 is 5.73. The van der Waals surface area contributed by atoms with Gasteiger partial charge in [-0.1, -0.05) is 11.6 Å². The molecule has 1 unspecified atom stereocenters. The predicted molar refractivity (Wildman–Crippen MR) is 76.9 cm³/mol. The largest absolute Gasteiger partial charge is 0.478 e. The Balaban J connectivity index is 3.07. The molecule has 9 heteroatoms. The third-order valence-corrected chi connectivity index (χ3v) is 4.48. The number of aromatic carboxylic acids is 1. The van der Waals surface area contributed by atoms with Crippen LogP contribution in [0.4, 0.5) is 0 Å². The van der Waals surface area contributed by atoms with Gasteiger partial charge < -0.3 is 10.0 Å². The van der Waals surface area contributed by atoms with E-state index < -0.39 is 27.9 Å². The van der Waals surface area contributed by atoms with Crippen LogP contribution in [-0.2, 0) is 14.8 Å². The van der Waals surface area contributed by atoms with Crippen molar-refractivity contribution in [3.05, 3.63) is 28.8 Å². The van der Waals surface area contributed by atoms with Gasteiger partial charge in [-0.3, -0.25) is 4.79 Å². The molecule has 0 aliphatic rings. The zero-order chi connectivity index (χ0) is 16.4. The van der Waals surface area contributed by atoms with Gasteiger partial charge in [-0.2, -0.15) is 4.72 Å². The van der Waals surface area contributed by atoms with Gasteiger partial charge in [0.15, 0.2) is 0 Å². The Morgan fingerprint density at radius 1 is 1.33 bits per heavy atom. The minimum Gasteiger partial charge on any atom is -0.478 e. The van der Waals surface area contributed by atoms with Crippen molar-refractivity contribution < 1.29 is 23.1 Å². The number of carbonyl (C=O) groups excluding carboxylic acids is 1. The fourth-order valence-electron chi connectivity index (χ4n) is 1.57. The minimum atomic E-state index is -3.98. The first-order valence-corrected chi connectivity index (χ1v) is 7.68. The number of likely N-dealkylation sites (N-methyl/N-ethyl adjacent to an activating group) is 1. The molecule has 2 N–H and O–H groups in total. The van der Waals surface area contributed by atoms with Crippen LogP contribution in [0.15, 0.2) is 23.1 Å². The molecule has 1 aromatic rings. The second-order valence-corrected chi connectivity index (χ2v) is 6.64. The number of nitrogens with one attached hydrogen (secondary N) is 1. The highest BCUT2D eigenvalue weighted by atomic mass is 35.5. The summed E-state index contributed by atoms with van der Waals surface area (Å²) in [6.45, 7) is 1.41. The first-order chi connectivity index (χ1) is 9.56. The summed E-state index contributed by atoms with van der Waals surface area (Å²) in [6.07, 6.45) is 0. The van der Waals surface area contributed by atoms with Crippen LogP contribution in [0.25, 0.3) is 0 Å². The summed E-state index contributed by atoms with van der Waals surface area (Å²) < 4.78 is 26.4. The fraction of sp³-hybridized carbons (Fsp3) is 0.333. The molecule has 0 saturated carbocycles. The molecule has 0 radical (unpaired) electrons. The standard InChI is InChI=1S/C12H15ClN2O5S/c1-7(11(16)15(2)3)14-21(19,20)8-4-5-9(12(17)18)10(13)6-8/h4-7,14H,1-3H3,(H,17,18). The molecular weight excluding hydrogens is 320 g/mol. The van der Waals surface area contributed by atoms with Crippen LogP contribution in [0.2, 0.25) is 5.02 Å². The second-order valence-electron chi connectivity index (χ2n) is 4.52. The number of hydrogen-bond acceptors (Lipinski definition) is 4. The predicted octanol–water partition coefficient (Wildman–Crippen LogP) is 0.793. The minimum absolute atomic E-state index is 0.197. The quantitative estimate of drug-likeness (QED) is 0.828. The molecule has 0 aliphatic carbocycles. The zero-order valence-corrected chi connectivity index (χ0v) is 13.2. The van der Waals surface area contributed by atoms with Crippen LogP contribution in [-0.4, -0.2) is 50.4 Å². The van der Waals surface area contributed by atoms with E-state index in [4.69, 9.17) is 16.7 Å². The Morgan fingerprint density at radius 3 is 2.33 bits per heavy atom. The van der Waals surface area contributed by atoms with Gasteiger partial charge in [-0.15, -0.1) is 0 Å². The molecule has 21 heavy (non-hydrogen) atoms. The first kappa shape index (κ1) is 17.4. The van der Waals surface area contributed by atoms with Gasteiger partial charge >= 0.3 is 5.97 Å². The van der Waals surface area contributed by atoms with E-state index >= 15 is 0 Å². The number of benzene rings is 1. The van der Waals surface area contributed by atoms with E-state index in [0.717, 1.165) is 18.2 Å². The molecule has 0 bridgehead atoms. The Morgan fingerprint density at radius 2 is 1.90 bits per heavy atom. The molecule has 7 nitrogen and oxygen atoms in total. The molecule has 1 atom stereocenters. The Kier molecular flexibility index (Phi) is 5.32. The Hall–Kier alpha value is -1.64. The fourth-order valence-corrected chi connectivity index (χ4v) is 3.12. The molecule has 1 aromatic carbocycles. The van der Waals surface area contributed by atoms with Gasteiger partial charge in [-0.25, -0.2) is 13.2 Å². The van der Waals surface area contributed by atoms with E-state index in [1.54, 1.807) is 0 Å². The average molecular weight is 335 g/mol. The van der Waals surface area contributed by atoms with Crippen molar-refractivity contribution >= 4 is 33.5 Å². The number of hydrogen-bond donors (Lipinski definition) is 2. The van der Waals surface area contributed by atoms with Crippen LogP contribution < -0.4 is 4.72 Å². The van der Waals surface area contributed by atoms with Crippen molar-refractivity contribution in [3.8, 4) is 0 Å². The van der Waals surface area contributed by atoms with Gasteiger partial charge in [0.25, 0.3) is 0 Å². The van der Waals surface area contributed by atoms with Gasteiger partial charge in [0.2, 0.25) is 15.9 Å². The number of sulfonamides is 1. The summed E-state index contributed by atoms with van der Waals surface area (Å²) in [4.78, 5) is 23.5. The van der Waals surface area contributed by atoms with E-state index in [1.807, 2.05) is 0 Å². The van der Waals surface area contributed by atoms with E-state index in [2.05, 4.69) is 4.72 Å². The molecule has 0 aromatic heterocycles. The van der Waals surface area contributed by atoms with Gasteiger partial charge in [0.05, 0.1) is 21.5 Å². The monoisotopic (exact) mass is 334 g/mol. The second kappa shape index (κ2) is 6.42. The van der Waals surface area contributed by atoms with Crippen molar-refractivity contribution in [2.45, 2.75) is 17.9 Å². The first-order valence-electron chi connectivity index (χ1n) is 5.82. The lowest BCUT2D eigenvalue weighted by atomic mass is 10.2. The molecule has 0 fully saturated rings. The van der Waals surface area contributed by atoms with Crippen molar-refractivity contribution in [1.29, 1.82) is 0 Å². The maximum atomic E-state index is 12.1. The smallest absolute Gasteiger partial charge is 0.337 e. The Bertz CT molecular complexity index is 672. The number of nitrogens with zero attached hydrogens (tertiary/aromatic N) is 1. The lowest BCUT2D eigenvalue weighted by Gasteiger charge is -2.18. The van der Waals surface area contributed by atoms with Gasteiger partial charge in [-0.05, 0) is 25.1 Å². The van der Waals surface area contributed by atoms with E-state index in [-0.39, 0.29) is 15.5 Å². The topological polar surface area (TPSA) is 104 Å². The van der Waals surface area contributed by atoms with Crippen LogP contribution >= 0.6 is 11.6 Å². The molecule has 0 saturated heterocycles. The number of carboxylic acids is 1. The number of carboxylic acid groups (broad SMARTS) is 1. The molecular formula is C12H15ClN2O5S.